The van der Waals surface area contributed by atoms with E-state index in [2.05, 4.69) is 25.0 Å². The first-order valence-electron chi connectivity index (χ1n) is 3.05. The van der Waals surface area contributed by atoms with Crippen molar-refractivity contribution in [1.29, 1.82) is 0 Å². The van der Waals surface area contributed by atoms with E-state index in [1.165, 1.54) is 4.88 Å². The number of hydrogen-bond donors (Lipinski definition) is 0. The molecule has 0 atom stereocenters. The van der Waals surface area contributed by atoms with Crippen LogP contribution >= 0.6 is 11.3 Å². The molecule has 0 aromatic carbocycles. The SMILES string of the molecule is Cc1n[c-]c(C(C)C)s1.[Rf]. The predicted octanol–water partition coefficient (Wildman–Crippen LogP) is 2.38. The molecule has 0 unspecified atom stereocenters. The summed E-state index contributed by atoms with van der Waals surface area (Å²) in [6.45, 7) is 6.32. The fourth-order valence-corrected chi connectivity index (χ4v) is 1.32. The second kappa shape index (κ2) is 2.97. The Bertz CT molecular complexity index is 195. The van der Waals surface area contributed by atoms with Crippen LogP contribution in [0.2, 0.25) is 0 Å². The van der Waals surface area contributed by atoms with Gasteiger partial charge in [0.1, 0.15) is 0 Å². The zero-order valence-corrected chi connectivity index (χ0v) is 13.9. The van der Waals surface area contributed by atoms with E-state index >= 15 is 0 Å². The first kappa shape index (κ1) is 8.63. The molecule has 1 nitrogen and oxygen atoms in total. The fraction of sp³-hybridized carbons (Fsp3) is 0.571. The van der Waals surface area contributed by atoms with Crippen molar-refractivity contribution < 1.29 is 0 Å². The van der Waals surface area contributed by atoms with Gasteiger partial charge in [-0.1, -0.05) is 30.7 Å². The zero-order chi connectivity index (χ0) is 6.85. The molecule has 0 saturated carbocycles. The van der Waals surface area contributed by atoms with E-state index in [4.69, 9.17) is 0 Å². The maximum absolute atomic E-state index is 4.03. The average Bonchev–Trinajstić information content (AvgIpc) is 2.14. The second-order valence-corrected chi connectivity index (χ2v) is 3.60. The standard InChI is InChI=1S/C7H10NS.Rf/c1-5(2)7-4-8-6(3)9-7;/h5H,1-3H3;/q-1;. The van der Waals surface area contributed by atoms with E-state index < -0.39 is 0 Å². The van der Waals surface area contributed by atoms with Crippen molar-refractivity contribution in [2.24, 2.45) is 0 Å². The Kier molecular flexibility index (Phi) is 2.56. The summed E-state index contributed by atoms with van der Waals surface area (Å²) in [7, 11) is 0. The Balaban J connectivity index is 0.000000810. The van der Waals surface area contributed by atoms with Crippen LogP contribution in [0.5, 0.6) is 0 Å². The Morgan fingerprint density at radius 2 is 2.10 bits per heavy atom. The van der Waals surface area contributed by atoms with Gasteiger partial charge in [0.2, 0.25) is 0 Å². The first-order chi connectivity index (χ1) is 4.20. The molecule has 52 valence electrons. The Labute approximate surface area is 59.8 Å². The molecular weight excluding hydrogens is 397 g/mol. The van der Waals surface area contributed by atoms with Gasteiger partial charge in [-0.3, -0.25) is 0 Å². The van der Waals surface area contributed by atoms with E-state index in [1.807, 2.05) is 6.92 Å². The van der Waals surface area contributed by atoms with Gasteiger partial charge in [-0.05, 0) is 5.92 Å². The van der Waals surface area contributed by atoms with Gasteiger partial charge >= 0.3 is 0 Å². The minimum Gasteiger partial charge on any atom is -0.446 e. The van der Waals surface area contributed by atoms with Crippen molar-refractivity contribution >= 4 is 11.3 Å². The Morgan fingerprint density at radius 3 is 2.30 bits per heavy atom. The molecule has 0 aliphatic carbocycles. The molecule has 0 radical (unpaired) electrons. The normalized spacial score (nSPS) is 9.60. The van der Waals surface area contributed by atoms with Gasteiger partial charge in [0.05, 0.1) is 0 Å². The summed E-state index contributed by atoms with van der Waals surface area (Å²) < 4.78 is 0. The minimum absolute atomic E-state index is 0. The molecular formula is C7H10NRfS-. The van der Waals surface area contributed by atoms with Crippen molar-refractivity contribution in [3.05, 3.63) is 16.1 Å². The van der Waals surface area contributed by atoms with Gasteiger partial charge in [0.15, 0.2) is 0 Å². The van der Waals surface area contributed by atoms with Crippen LogP contribution in [-0.4, -0.2) is 4.98 Å². The molecule has 0 spiro atoms. The molecule has 0 aliphatic rings. The van der Waals surface area contributed by atoms with Crippen molar-refractivity contribution in [2.45, 2.75) is 26.7 Å². The van der Waals surface area contributed by atoms with Crippen molar-refractivity contribution in [3.63, 3.8) is 0 Å². The molecule has 0 fully saturated rings. The van der Waals surface area contributed by atoms with Crippen molar-refractivity contribution in [3.8, 4) is 0 Å². The van der Waals surface area contributed by atoms with Gasteiger partial charge in [0.25, 0.3) is 0 Å². The van der Waals surface area contributed by atoms with E-state index in [-0.39, 0.29) is 0 Å². The van der Waals surface area contributed by atoms with Gasteiger partial charge in [-0.25, -0.2) is 11.3 Å². The maximum Gasteiger partial charge on any atom is 0 e. The topological polar surface area (TPSA) is 12.9 Å². The molecule has 10 heavy (non-hydrogen) atoms. The van der Waals surface area contributed by atoms with E-state index in [0.29, 0.717) is 5.92 Å². The van der Waals surface area contributed by atoms with E-state index in [9.17, 15) is 0 Å². The smallest absolute Gasteiger partial charge is 0 e. The molecule has 3 heteroatoms. The van der Waals surface area contributed by atoms with Gasteiger partial charge in [0, 0.05) is 0 Å². The van der Waals surface area contributed by atoms with Crippen LogP contribution in [0, 0.1) is 13.1 Å². The van der Waals surface area contributed by atoms with Crippen LogP contribution in [-0.2, 0) is 0 Å². The third-order valence-corrected chi connectivity index (χ3v) is 2.27. The van der Waals surface area contributed by atoms with Gasteiger partial charge in [-0.15, -0.1) is 6.20 Å². The molecule has 1 aromatic heterocycles. The number of rotatable bonds is 1. The first-order valence-corrected chi connectivity index (χ1v) is 3.87. The quantitative estimate of drug-likeness (QED) is 0.652. The number of thiazole rings is 1. The van der Waals surface area contributed by atoms with Gasteiger partial charge < -0.3 is 4.98 Å². The van der Waals surface area contributed by atoms with Crippen LogP contribution in [0.1, 0.15) is 29.7 Å². The molecule has 0 aliphatic heterocycles. The third kappa shape index (κ3) is 1.55. The minimum atomic E-state index is 0. The fourth-order valence-electron chi connectivity index (χ4n) is 0.586. The van der Waals surface area contributed by atoms with Crippen LogP contribution in [0.15, 0.2) is 0 Å². The number of nitrogens with zero attached hydrogens (tertiary/aromatic N) is 1. The predicted molar refractivity (Wildman–Crippen MR) is 39.8 cm³/mol. The van der Waals surface area contributed by atoms with Crippen LogP contribution in [0.25, 0.3) is 0 Å². The molecule has 1 aromatic rings. The van der Waals surface area contributed by atoms with E-state index in [1.54, 1.807) is 11.3 Å². The second-order valence-electron chi connectivity index (χ2n) is 2.36. The molecule has 1 rings (SSSR count). The summed E-state index contributed by atoms with van der Waals surface area (Å²) in [5.41, 5.74) is 0. The van der Waals surface area contributed by atoms with Crippen molar-refractivity contribution in [1.82, 2.24) is 4.98 Å². The summed E-state index contributed by atoms with van der Waals surface area (Å²) in [5.74, 6) is 0.580. The molecule has 1 heterocycles. The van der Waals surface area contributed by atoms with Crippen LogP contribution in [0.3, 0.4) is 0 Å². The third-order valence-electron chi connectivity index (χ3n) is 1.11. The molecule has 0 saturated heterocycles. The molecule has 0 bridgehead atoms. The molecule has 0 amide bonds. The van der Waals surface area contributed by atoms with E-state index in [0.717, 1.165) is 5.01 Å². The maximum atomic E-state index is 4.03. The average molecular weight is 407 g/mol. The molecule has 0 N–H and O–H groups in total. The van der Waals surface area contributed by atoms with Crippen LogP contribution in [0.4, 0.5) is 0 Å². The summed E-state index contributed by atoms with van der Waals surface area (Å²) in [6, 6.07) is 0. The largest absolute Gasteiger partial charge is 0.446 e. The monoisotopic (exact) mass is 407 g/mol. The summed E-state index contributed by atoms with van der Waals surface area (Å²) in [5, 5.41) is 1.11. The number of aromatic nitrogens is 1. The number of hydrogen-bond acceptors (Lipinski definition) is 2. The van der Waals surface area contributed by atoms with Gasteiger partial charge in [-0.2, -0.15) is 0 Å². The van der Waals surface area contributed by atoms with Crippen molar-refractivity contribution in [2.75, 3.05) is 0 Å². The Hall–Kier alpha value is -1.37. The summed E-state index contributed by atoms with van der Waals surface area (Å²) >= 11 is 1.73. The van der Waals surface area contributed by atoms with Crippen LogP contribution < -0.4 is 0 Å². The Morgan fingerprint density at radius 1 is 1.50 bits per heavy atom. The zero-order valence-electron chi connectivity index (χ0n) is 6.64. The summed E-state index contributed by atoms with van der Waals surface area (Å²) in [6.07, 6.45) is 2.97. The summed E-state index contributed by atoms with van der Waals surface area (Å²) in [4.78, 5) is 5.29. The number of aryl methyl sites for hydroxylation is 1.